The fourth-order valence-corrected chi connectivity index (χ4v) is 4.46. The molecule has 3 aromatic carbocycles. The van der Waals surface area contributed by atoms with E-state index in [1.807, 2.05) is 66.7 Å². The molecular formula is C24H19BrN2O4. The lowest BCUT2D eigenvalue weighted by molar-refractivity contribution is -0.126. The summed E-state index contributed by atoms with van der Waals surface area (Å²) in [6, 6.07) is 23.7. The predicted molar refractivity (Wildman–Crippen MR) is 120 cm³/mol. The average Bonchev–Trinajstić information content (AvgIpc) is 3.31. The van der Waals surface area contributed by atoms with Crippen LogP contribution < -0.4 is 14.7 Å². The van der Waals surface area contributed by atoms with Gasteiger partial charge in [0.25, 0.3) is 5.91 Å². The van der Waals surface area contributed by atoms with Gasteiger partial charge in [-0.1, -0.05) is 46.3 Å². The van der Waals surface area contributed by atoms with E-state index in [0.29, 0.717) is 5.69 Å². The Morgan fingerprint density at radius 2 is 1.52 bits per heavy atom. The highest BCUT2D eigenvalue weighted by atomic mass is 79.9. The summed E-state index contributed by atoms with van der Waals surface area (Å²) in [5, 5.41) is 1.69. The first kappa shape index (κ1) is 19.8. The first-order valence-electron chi connectivity index (χ1n) is 9.87. The number of amides is 2. The number of carbonyl (C=O) groups is 2. The molecule has 0 bridgehead atoms. The van der Waals surface area contributed by atoms with Gasteiger partial charge in [0.05, 0.1) is 24.5 Å². The van der Waals surface area contributed by atoms with E-state index in [-0.39, 0.29) is 11.8 Å². The molecule has 2 amide bonds. The molecule has 0 aliphatic carbocycles. The molecule has 2 aliphatic rings. The predicted octanol–water partition coefficient (Wildman–Crippen LogP) is 4.51. The van der Waals surface area contributed by atoms with Gasteiger partial charge in [0, 0.05) is 4.47 Å². The van der Waals surface area contributed by atoms with Gasteiger partial charge in [-0.2, -0.15) is 0 Å². The number of halogens is 1. The third-order valence-corrected chi connectivity index (χ3v) is 6.20. The first-order chi connectivity index (χ1) is 15.1. The Balaban J connectivity index is 1.57. The molecule has 0 saturated carbocycles. The summed E-state index contributed by atoms with van der Waals surface area (Å²) in [6.07, 6.45) is -0.886. The molecule has 0 spiro atoms. The highest BCUT2D eigenvalue weighted by Crippen LogP contribution is 2.47. The van der Waals surface area contributed by atoms with Crippen LogP contribution in [0.1, 0.15) is 11.6 Å². The molecule has 31 heavy (non-hydrogen) atoms. The Morgan fingerprint density at radius 3 is 2.16 bits per heavy atom. The van der Waals surface area contributed by atoms with E-state index in [1.165, 1.54) is 4.90 Å². The average molecular weight is 479 g/mol. The van der Waals surface area contributed by atoms with Crippen molar-refractivity contribution in [1.82, 2.24) is 0 Å². The lowest BCUT2D eigenvalue weighted by Crippen LogP contribution is -2.37. The number of benzene rings is 3. The zero-order chi connectivity index (χ0) is 21.5. The standard InChI is InChI=1S/C24H19BrN2O4/c1-30-19-13-7-15(8-14-19)21-20-22(31-27(21)18-5-3-2-4-6-18)24(29)26(23(20)28)17-11-9-16(25)10-12-17/h2-14,20-22H,1H3/t20-,21+,22+/m0/s1. The van der Waals surface area contributed by atoms with Gasteiger partial charge in [0.1, 0.15) is 11.7 Å². The first-order valence-corrected chi connectivity index (χ1v) is 10.7. The lowest BCUT2D eigenvalue weighted by atomic mass is 9.90. The summed E-state index contributed by atoms with van der Waals surface area (Å²) in [5.41, 5.74) is 2.19. The fourth-order valence-electron chi connectivity index (χ4n) is 4.20. The molecule has 5 rings (SSSR count). The van der Waals surface area contributed by atoms with Gasteiger partial charge in [-0.3, -0.25) is 14.4 Å². The summed E-state index contributed by atoms with van der Waals surface area (Å²) in [7, 11) is 1.61. The van der Waals surface area contributed by atoms with Crippen LogP contribution in [0.15, 0.2) is 83.3 Å². The van der Waals surface area contributed by atoms with Gasteiger partial charge in [-0.15, -0.1) is 0 Å². The van der Waals surface area contributed by atoms with Crippen molar-refractivity contribution in [3.63, 3.8) is 0 Å². The van der Waals surface area contributed by atoms with E-state index >= 15 is 0 Å². The molecule has 0 radical (unpaired) electrons. The highest BCUT2D eigenvalue weighted by Gasteiger charge is 2.60. The van der Waals surface area contributed by atoms with Gasteiger partial charge in [-0.05, 0) is 54.1 Å². The molecule has 0 N–H and O–H groups in total. The van der Waals surface area contributed by atoms with Crippen molar-refractivity contribution in [3.05, 3.63) is 88.9 Å². The van der Waals surface area contributed by atoms with E-state index in [2.05, 4.69) is 15.9 Å². The zero-order valence-corrected chi connectivity index (χ0v) is 18.2. The van der Waals surface area contributed by atoms with Gasteiger partial charge in [0.15, 0.2) is 6.10 Å². The van der Waals surface area contributed by atoms with Crippen LogP contribution in [0.3, 0.4) is 0 Å². The summed E-state index contributed by atoms with van der Waals surface area (Å²) in [6.45, 7) is 0. The number of rotatable bonds is 4. The molecule has 2 aliphatic heterocycles. The molecule has 2 heterocycles. The van der Waals surface area contributed by atoms with Gasteiger partial charge in [0.2, 0.25) is 5.91 Å². The number of para-hydroxylation sites is 1. The molecule has 156 valence electrons. The Morgan fingerprint density at radius 1 is 0.839 bits per heavy atom. The van der Waals surface area contributed by atoms with Crippen LogP contribution >= 0.6 is 15.9 Å². The maximum Gasteiger partial charge on any atom is 0.266 e. The molecule has 7 heteroatoms. The fraction of sp³-hybridized carbons (Fsp3) is 0.167. The van der Waals surface area contributed by atoms with Crippen molar-refractivity contribution in [2.45, 2.75) is 12.1 Å². The van der Waals surface area contributed by atoms with Gasteiger partial charge < -0.3 is 4.74 Å². The molecule has 2 fully saturated rings. The van der Waals surface area contributed by atoms with Crippen molar-refractivity contribution in [1.29, 1.82) is 0 Å². The topological polar surface area (TPSA) is 59.1 Å². The van der Waals surface area contributed by atoms with E-state index in [0.717, 1.165) is 21.5 Å². The Kier molecular flexibility index (Phi) is 5.00. The molecule has 2 saturated heterocycles. The maximum absolute atomic E-state index is 13.5. The summed E-state index contributed by atoms with van der Waals surface area (Å²) >= 11 is 3.39. The maximum atomic E-state index is 13.5. The Labute approximate surface area is 188 Å². The van der Waals surface area contributed by atoms with E-state index < -0.39 is 18.1 Å². The summed E-state index contributed by atoms with van der Waals surface area (Å²) in [5.74, 6) is -0.564. The minimum atomic E-state index is -0.886. The largest absolute Gasteiger partial charge is 0.497 e. The summed E-state index contributed by atoms with van der Waals surface area (Å²) in [4.78, 5) is 34.2. The second kappa shape index (κ2) is 7.83. The number of ether oxygens (including phenoxy) is 1. The van der Waals surface area contributed by atoms with Crippen molar-refractivity contribution in [2.75, 3.05) is 17.1 Å². The van der Waals surface area contributed by atoms with Crippen LogP contribution in [0.4, 0.5) is 11.4 Å². The van der Waals surface area contributed by atoms with Crippen LogP contribution in [-0.4, -0.2) is 25.0 Å². The molecule has 0 aromatic heterocycles. The van der Waals surface area contributed by atoms with E-state index in [1.54, 1.807) is 24.3 Å². The Hall–Kier alpha value is -3.16. The van der Waals surface area contributed by atoms with Gasteiger partial charge in [-0.25, -0.2) is 9.96 Å². The SMILES string of the molecule is COc1ccc([C@@H]2[C@@H]3C(=O)N(c4ccc(Br)cc4)C(=O)[C@@H]3ON2c2ccccc2)cc1. The van der Waals surface area contributed by atoms with Crippen molar-refractivity contribution < 1.29 is 19.2 Å². The number of fused-ring (bicyclic) bond motifs is 1. The molecule has 3 atom stereocenters. The minimum Gasteiger partial charge on any atom is -0.497 e. The van der Waals surface area contributed by atoms with Crippen LogP contribution in [0.25, 0.3) is 0 Å². The second-order valence-corrected chi connectivity index (χ2v) is 8.34. The van der Waals surface area contributed by atoms with Gasteiger partial charge >= 0.3 is 0 Å². The molecule has 3 aromatic rings. The number of nitrogens with zero attached hydrogens (tertiary/aromatic N) is 2. The summed E-state index contributed by atoms with van der Waals surface area (Å²) < 4.78 is 6.15. The number of carbonyl (C=O) groups excluding carboxylic acids is 2. The molecular weight excluding hydrogens is 460 g/mol. The quantitative estimate of drug-likeness (QED) is 0.516. The van der Waals surface area contributed by atoms with E-state index in [9.17, 15) is 9.59 Å². The number of methoxy groups -OCH3 is 1. The van der Waals surface area contributed by atoms with Crippen molar-refractivity contribution in [3.8, 4) is 5.75 Å². The number of hydrogen-bond acceptors (Lipinski definition) is 5. The van der Waals surface area contributed by atoms with Crippen LogP contribution in [0.2, 0.25) is 0 Å². The highest BCUT2D eigenvalue weighted by molar-refractivity contribution is 9.10. The Bertz CT molecular complexity index is 1120. The number of anilines is 2. The zero-order valence-electron chi connectivity index (χ0n) is 16.6. The third-order valence-electron chi connectivity index (χ3n) is 5.67. The molecule has 6 nitrogen and oxygen atoms in total. The van der Waals surface area contributed by atoms with Crippen molar-refractivity contribution in [2.24, 2.45) is 5.92 Å². The number of imide groups is 1. The lowest BCUT2D eigenvalue weighted by Gasteiger charge is -2.28. The van der Waals surface area contributed by atoms with Crippen LogP contribution in [0, 0.1) is 5.92 Å². The smallest absolute Gasteiger partial charge is 0.266 e. The van der Waals surface area contributed by atoms with Crippen LogP contribution in [0.5, 0.6) is 5.75 Å². The monoisotopic (exact) mass is 478 g/mol. The minimum absolute atomic E-state index is 0.267. The molecule has 0 unspecified atom stereocenters. The number of hydrogen-bond donors (Lipinski definition) is 0. The van der Waals surface area contributed by atoms with Crippen molar-refractivity contribution >= 4 is 39.1 Å². The second-order valence-electron chi connectivity index (χ2n) is 7.42. The van der Waals surface area contributed by atoms with E-state index in [4.69, 9.17) is 9.57 Å². The number of hydroxylamine groups is 1. The normalized spacial score (nSPS) is 22.7. The van der Waals surface area contributed by atoms with Crippen LogP contribution in [-0.2, 0) is 14.4 Å². The third kappa shape index (κ3) is 3.30.